The van der Waals surface area contributed by atoms with E-state index in [9.17, 15) is 0 Å². The Morgan fingerprint density at radius 3 is 1.80 bits per heavy atom. The third kappa shape index (κ3) is 2.40. The van der Waals surface area contributed by atoms with E-state index < -0.39 is 0 Å². The van der Waals surface area contributed by atoms with Gasteiger partial charge in [0, 0.05) is 5.69 Å². The number of nitrogen functional groups attached to an aromatic ring is 1. The molecule has 0 aromatic heterocycles. The van der Waals surface area contributed by atoms with Crippen molar-refractivity contribution in [2.45, 2.75) is 0 Å². The van der Waals surface area contributed by atoms with E-state index >= 15 is 0 Å². The Morgan fingerprint density at radius 1 is 0.800 bits per heavy atom. The summed E-state index contributed by atoms with van der Waals surface area (Å²) in [5.74, 6) is 1.62. The molecule has 0 amide bonds. The van der Waals surface area contributed by atoms with Gasteiger partial charge >= 0.3 is 0 Å². The fraction of sp³-hybridized carbons (Fsp3) is 0. The Balaban J connectivity index is 2.15. The van der Waals surface area contributed by atoms with Gasteiger partial charge in [-0.1, -0.05) is 0 Å². The van der Waals surface area contributed by atoms with Crippen LogP contribution < -0.4 is 10.5 Å². The van der Waals surface area contributed by atoms with Gasteiger partial charge in [-0.15, -0.1) is 0 Å². The van der Waals surface area contributed by atoms with Crippen LogP contribution in [0.5, 0.6) is 17.2 Å². The summed E-state index contributed by atoms with van der Waals surface area (Å²) in [6.07, 6.45) is 0. The standard InChI is InChI=1S/C12H11NO2/c13-9-1-5-11(6-2-9)15-12-7-3-10(14)4-8-12/h1-8,14H,13H2. The summed E-state index contributed by atoms with van der Waals surface area (Å²) in [6.45, 7) is 0. The molecule has 2 aromatic rings. The highest BCUT2D eigenvalue weighted by molar-refractivity contribution is 5.43. The van der Waals surface area contributed by atoms with Crippen LogP contribution in [0.2, 0.25) is 0 Å². The second-order valence-electron chi connectivity index (χ2n) is 3.16. The van der Waals surface area contributed by atoms with E-state index in [1.165, 1.54) is 0 Å². The number of rotatable bonds is 2. The van der Waals surface area contributed by atoms with E-state index in [0.717, 1.165) is 5.75 Å². The molecule has 0 spiro atoms. The monoisotopic (exact) mass is 201 g/mol. The van der Waals surface area contributed by atoms with Crippen molar-refractivity contribution >= 4 is 5.69 Å². The van der Waals surface area contributed by atoms with Gasteiger partial charge in [0.15, 0.2) is 0 Å². The van der Waals surface area contributed by atoms with Gasteiger partial charge in [0.25, 0.3) is 0 Å². The number of hydrogen-bond donors (Lipinski definition) is 2. The van der Waals surface area contributed by atoms with Crippen molar-refractivity contribution in [1.29, 1.82) is 0 Å². The molecule has 3 N–H and O–H groups in total. The van der Waals surface area contributed by atoms with Gasteiger partial charge < -0.3 is 15.6 Å². The van der Waals surface area contributed by atoms with E-state index in [1.807, 2.05) is 0 Å². The quantitative estimate of drug-likeness (QED) is 0.734. The van der Waals surface area contributed by atoms with E-state index in [0.29, 0.717) is 11.4 Å². The summed E-state index contributed by atoms with van der Waals surface area (Å²) in [7, 11) is 0. The highest BCUT2D eigenvalue weighted by Crippen LogP contribution is 2.23. The van der Waals surface area contributed by atoms with E-state index in [-0.39, 0.29) is 5.75 Å². The fourth-order valence-electron chi connectivity index (χ4n) is 1.19. The molecular formula is C12H11NO2. The number of nitrogens with two attached hydrogens (primary N) is 1. The summed E-state index contributed by atoms with van der Waals surface area (Å²) in [6, 6.07) is 13.7. The van der Waals surface area contributed by atoms with Crippen molar-refractivity contribution in [2.75, 3.05) is 5.73 Å². The molecule has 76 valence electrons. The minimum atomic E-state index is 0.222. The van der Waals surface area contributed by atoms with E-state index in [2.05, 4.69) is 0 Å². The maximum Gasteiger partial charge on any atom is 0.127 e. The van der Waals surface area contributed by atoms with Crippen LogP contribution in [0.15, 0.2) is 48.5 Å². The molecule has 0 saturated carbocycles. The van der Waals surface area contributed by atoms with Crippen molar-refractivity contribution in [3.8, 4) is 17.2 Å². The number of hydrogen-bond acceptors (Lipinski definition) is 3. The second-order valence-corrected chi connectivity index (χ2v) is 3.16. The molecule has 0 atom stereocenters. The Kier molecular flexibility index (Phi) is 2.46. The normalized spacial score (nSPS) is 9.87. The second kappa shape index (κ2) is 3.92. The molecule has 0 heterocycles. The molecule has 0 radical (unpaired) electrons. The molecule has 0 unspecified atom stereocenters. The maximum absolute atomic E-state index is 9.09. The summed E-state index contributed by atoms with van der Waals surface area (Å²) in [5, 5.41) is 9.09. The summed E-state index contributed by atoms with van der Waals surface area (Å²) < 4.78 is 5.52. The Bertz CT molecular complexity index is 391. The highest BCUT2D eigenvalue weighted by Gasteiger charge is 1.96. The van der Waals surface area contributed by atoms with Gasteiger partial charge in [0.2, 0.25) is 0 Å². The van der Waals surface area contributed by atoms with E-state index in [1.54, 1.807) is 48.5 Å². The van der Waals surface area contributed by atoms with Crippen LogP contribution in [0, 0.1) is 0 Å². The molecule has 3 nitrogen and oxygen atoms in total. The Labute approximate surface area is 87.7 Å². The van der Waals surface area contributed by atoms with Crippen molar-refractivity contribution in [3.05, 3.63) is 48.5 Å². The van der Waals surface area contributed by atoms with Gasteiger partial charge in [-0.05, 0) is 48.5 Å². The van der Waals surface area contributed by atoms with Crippen LogP contribution >= 0.6 is 0 Å². The van der Waals surface area contributed by atoms with Crippen molar-refractivity contribution in [2.24, 2.45) is 0 Å². The molecule has 0 fully saturated rings. The predicted molar refractivity (Wildman–Crippen MR) is 59.0 cm³/mol. The Hall–Kier alpha value is -2.16. The predicted octanol–water partition coefficient (Wildman–Crippen LogP) is 2.77. The topological polar surface area (TPSA) is 55.5 Å². The first-order valence-electron chi connectivity index (χ1n) is 4.56. The Morgan fingerprint density at radius 2 is 1.27 bits per heavy atom. The number of phenols is 1. The number of aromatic hydroxyl groups is 1. The fourth-order valence-corrected chi connectivity index (χ4v) is 1.19. The lowest BCUT2D eigenvalue weighted by Gasteiger charge is -2.05. The van der Waals surface area contributed by atoms with Crippen LogP contribution in [0.25, 0.3) is 0 Å². The SMILES string of the molecule is Nc1ccc(Oc2ccc(O)cc2)cc1. The molecule has 0 aliphatic carbocycles. The number of anilines is 1. The lowest BCUT2D eigenvalue weighted by molar-refractivity contribution is 0.464. The largest absolute Gasteiger partial charge is 0.508 e. The maximum atomic E-state index is 9.09. The molecule has 2 aromatic carbocycles. The van der Waals surface area contributed by atoms with Gasteiger partial charge in [-0.25, -0.2) is 0 Å². The van der Waals surface area contributed by atoms with Crippen LogP contribution in [0.4, 0.5) is 5.69 Å². The van der Waals surface area contributed by atoms with E-state index in [4.69, 9.17) is 15.6 Å². The highest BCUT2D eigenvalue weighted by atomic mass is 16.5. The molecule has 15 heavy (non-hydrogen) atoms. The molecule has 3 heteroatoms. The molecule has 0 aliphatic heterocycles. The lowest BCUT2D eigenvalue weighted by Crippen LogP contribution is -1.86. The van der Waals surface area contributed by atoms with Crippen molar-refractivity contribution in [3.63, 3.8) is 0 Å². The summed E-state index contributed by atoms with van der Waals surface area (Å²) in [5.41, 5.74) is 6.25. The van der Waals surface area contributed by atoms with Gasteiger partial charge in [0.05, 0.1) is 0 Å². The van der Waals surface area contributed by atoms with Crippen LogP contribution in [0.1, 0.15) is 0 Å². The third-order valence-corrected chi connectivity index (χ3v) is 1.95. The molecule has 0 aliphatic rings. The molecule has 0 saturated heterocycles. The average molecular weight is 201 g/mol. The zero-order valence-corrected chi connectivity index (χ0v) is 8.05. The van der Waals surface area contributed by atoms with Gasteiger partial charge in [-0.3, -0.25) is 0 Å². The smallest absolute Gasteiger partial charge is 0.127 e. The lowest BCUT2D eigenvalue weighted by atomic mass is 10.3. The van der Waals surface area contributed by atoms with Crippen molar-refractivity contribution in [1.82, 2.24) is 0 Å². The summed E-state index contributed by atoms with van der Waals surface area (Å²) in [4.78, 5) is 0. The first kappa shape index (κ1) is 9.40. The third-order valence-electron chi connectivity index (χ3n) is 1.95. The number of ether oxygens (including phenoxy) is 1. The van der Waals surface area contributed by atoms with Gasteiger partial charge in [0.1, 0.15) is 17.2 Å². The summed E-state index contributed by atoms with van der Waals surface area (Å²) >= 11 is 0. The first-order chi connectivity index (χ1) is 7.24. The van der Waals surface area contributed by atoms with Gasteiger partial charge in [-0.2, -0.15) is 0 Å². The average Bonchev–Trinajstić information content (AvgIpc) is 2.25. The zero-order chi connectivity index (χ0) is 10.7. The van der Waals surface area contributed by atoms with Crippen molar-refractivity contribution < 1.29 is 9.84 Å². The van der Waals surface area contributed by atoms with Crippen LogP contribution in [-0.4, -0.2) is 5.11 Å². The molecular weight excluding hydrogens is 190 g/mol. The molecule has 0 bridgehead atoms. The van der Waals surface area contributed by atoms with Crippen LogP contribution in [-0.2, 0) is 0 Å². The number of benzene rings is 2. The minimum absolute atomic E-state index is 0.222. The minimum Gasteiger partial charge on any atom is -0.508 e. The molecule has 2 rings (SSSR count). The zero-order valence-electron chi connectivity index (χ0n) is 8.05. The first-order valence-corrected chi connectivity index (χ1v) is 4.56. The van der Waals surface area contributed by atoms with Crippen LogP contribution in [0.3, 0.4) is 0 Å². The number of phenolic OH excluding ortho intramolecular Hbond substituents is 1.